The molecular weight excluding hydrogens is 476 g/mol. The van der Waals surface area contributed by atoms with Crippen molar-refractivity contribution in [3.63, 3.8) is 0 Å². The van der Waals surface area contributed by atoms with E-state index in [1.807, 2.05) is 0 Å². The fourth-order valence-electron chi connectivity index (χ4n) is 4.42. The van der Waals surface area contributed by atoms with Crippen LogP contribution in [0, 0.1) is 0 Å². The van der Waals surface area contributed by atoms with Crippen LogP contribution in [0.25, 0.3) is 22.6 Å². The average Bonchev–Trinajstić information content (AvgIpc) is 3.48. The monoisotopic (exact) mass is 510 g/mol. The number of aliphatic hydroxyl groups excluding tert-OH is 2. The second-order valence-electron chi connectivity index (χ2n) is 9.17. The molecule has 11 nitrogen and oxygen atoms in total. The third kappa shape index (κ3) is 5.79. The number of aldehydes is 1. The van der Waals surface area contributed by atoms with Gasteiger partial charge in [-0.05, 0) is 12.8 Å². The number of hydrogen-bond acceptors (Lipinski definition) is 8. The van der Waals surface area contributed by atoms with Gasteiger partial charge in [-0.2, -0.15) is 4.98 Å². The zero-order valence-corrected chi connectivity index (χ0v) is 21.2. The van der Waals surface area contributed by atoms with Crippen LogP contribution in [-0.4, -0.2) is 79.2 Å². The van der Waals surface area contributed by atoms with Crippen molar-refractivity contribution in [1.29, 1.82) is 0 Å². The van der Waals surface area contributed by atoms with Gasteiger partial charge < -0.3 is 19.8 Å². The summed E-state index contributed by atoms with van der Waals surface area (Å²) in [5, 5.41) is 20.0. The van der Waals surface area contributed by atoms with Crippen molar-refractivity contribution in [3.05, 3.63) is 40.2 Å². The molecule has 0 saturated carbocycles. The molecule has 3 unspecified atom stereocenters. The van der Waals surface area contributed by atoms with Gasteiger partial charge in [-0.3, -0.25) is 19.1 Å². The van der Waals surface area contributed by atoms with E-state index >= 15 is 0 Å². The molecule has 37 heavy (non-hydrogen) atoms. The molecule has 1 aliphatic rings. The number of aliphatic imine (C=N–C) groups is 1. The number of carbonyl (C=O) groups excluding carboxylic acids is 1. The Kier molecular flexibility index (Phi) is 8.80. The highest BCUT2D eigenvalue weighted by atomic mass is 16.5. The van der Waals surface area contributed by atoms with Crippen molar-refractivity contribution < 1.29 is 19.7 Å². The molecule has 1 aromatic carbocycles. The van der Waals surface area contributed by atoms with Gasteiger partial charge in [0, 0.05) is 30.6 Å². The van der Waals surface area contributed by atoms with Crippen molar-refractivity contribution in [3.8, 4) is 11.4 Å². The second-order valence-corrected chi connectivity index (χ2v) is 9.17. The van der Waals surface area contributed by atoms with Crippen LogP contribution in [0.4, 0.5) is 5.95 Å². The number of aromatic nitrogens is 4. The fourth-order valence-corrected chi connectivity index (χ4v) is 4.42. The molecule has 1 aliphatic heterocycles. The van der Waals surface area contributed by atoms with E-state index in [9.17, 15) is 19.8 Å². The SMILES string of the molecule is CCCCN(/C=N/c1nc2c(nc(-c3ccccc3C=O)n2C2CC(O)C(CO)O2)c(=O)[nH]1)CCCC. The van der Waals surface area contributed by atoms with Gasteiger partial charge in [0.05, 0.1) is 19.0 Å². The van der Waals surface area contributed by atoms with E-state index in [1.54, 1.807) is 35.2 Å². The number of imidazole rings is 1. The Morgan fingerprint density at radius 2 is 1.95 bits per heavy atom. The molecule has 3 heterocycles. The Hall–Kier alpha value is -3.41. The van der Waals surface area contributed by atoms with Gasteiger partial charge in [-0.1, -0.05) is 51.0 Å². The standard InChI is InChI=1S/C26H34N6O5/c1-3-5-11-31(12-6-4-2)16-27-26-29-24-22(25(36)30-26)28-23(18-10-8-7-9-17(18)14-33)32(24)21-13-19(35)20(15-34)37-21/h7-10,14,16,19-21,34-35H,3-6,11-13,15H2,1-2H3,(H,29,30,36)/b27-16+. The zero-order valence-electron chi connectivity index (χ0n) is 21.2. The van der Waals surface area contributed by atoms with Crippen molar-refractivity contribution >= 4 is 29.7 Å². The summed E-state index contributed by atoms with van der Waals surface area (Å²) in [5.74, 6) is 0.421. The topological polar surface area (TPSA) is 146 Å². The minimum atomic E-state index is -0.910. The number of H-pyrrole nitrogens is 1. The lowest BCUT2D eigenvalue weighted by Crippen LogP contribution is -2.24. The van der Waals surface area contributed by atoms with Gasteiger partial charge in [-0.25, -0.2) is 9.98 Å². The smallest absolute Gasteiger partial charge is 0.280 e. The van der Waals surface area contributed by atoms with Crippen LogP contribution < -0.4 is 5.56 Å². The first-order valence-corrected chi connectivity index (χ1v) is 12.8. The number of aliphatic hydroxyl groups is 2. The first kappa shape index (κ1) is 26.6. The zero-order chi connectivity index (χ0) is 26.4. The summed E-state index contributed by atoms with van der Waals surface area (Å²) in [4.78, 5) is 43.3. The molecule has 0 spiro atoms. The minimum Gasteiger partial charge on any atom is -0.394 e. The van der Waals surface area contributed by atoms with Gasteiger partial charge in [0.25, 0.3) is 5.56 Å². The lowest BCUT2D eigenvalue weighted by atomic mass is 10.1. The molecule has 3 atom stereocenters. The highest BCUT2D eigenvalue weighted by Gasteiger charge is 2.37. The van der Waals surface area contributed by atoms with E-state index in [0.717, 1.165) is 38.8 Å². The predicted octanol–water partition coefficient (Wildman–Crippen LogP) is 2.80. The quantitative estimate of drug-likeness (QED) is 0.192. The van der Waals surface area contributed by atoms with Gasteiger partial charge in [0.15, 0.2) is 17.5 Å². The van der Waals surface area contributed by atoms with Crippen molar-refractivity contribution in [2.45, 2.75) is 64.4 Å². The highest BCUT2D eigenvalue weighted by Crippen LogP contribution is 2.36. The lowest BCUT2D eigenvalue weighted by molar-refractivity contribution is -0.0426. The maximum Gasteiger partial charge on any atom is 0.280 e. The number of nitrogens with one attached hydrogen (secondary N) is 1. The van der Waals surface area contributed by atoms with Crippen LogP contribution in [0.1, 0.15) is 62.5 Å². The molecule has 198 valence electrons. The van der Waals surface area contributed by atoms with Gasteiger partial charge in [0.1, 0.15) is 18.2 Å². The number of carbonyl (C=O) groups is 1. The molecule has 0 bridgehead atoms. The minimum absolute atomic E-state index is 0.0639. The maximum absolute atomic E-state index is 13.1. The summed E-state index contributed by atoms with van der Waals surface area (Å²) in [7, 11) is 0. The predicted molar refractivity (Wildman–Crippen MR) is 140 cm³/mol. The molecule has 1 saturated heterocycles. The molecule has 3 aromatic rings. The number of rotatable bonds is 12. The Morgan fingerprint density at radius 3 is 2.59 bits per heavy atom. The molecule has 4 rings (SSSR count). The number of nitrogens with zero attached hydrogens (tertiary/aromatic N) is 5. The largest absolute Gasteiger partial charge is 0.394 e. The average molecular weight is 511 g/mol. The van der Waals surface area contributed by atoms with E-state index < -0.39 is 24.0 Å². The van der Waals surface area contributed by atoms with Gasteiger partial charge in [0.2, 0.25) is 5.95 Å². The van der Waals surface area contributed by atoms with Crippen molar-refractivity contribution in [1.82, 2.24) is 24.4 Å². The molecule has 0 aliphatic carbocycles. The number of benzene rings is 1. The normalized spacial score (nSPS) is 19.7. The summed E-state index contributed by atoms with van der Waals surface area (Å²) < 4.78 is 7.52. The van der Waals surface area contributed by atoms with Crippen LogP contribution in [-0.2, 0) is 4.74 Å². The first-order chi connectivity index (χ1) is 18.0. The van der Waals surface area contributed by atoms with Gasteiger partial charge >= 0.3 is 0 Å². The number of ether oxygens (including phenoxy) is 1. The number of aromatic amines is 1. The number of hydrogen-bond donors (Lipinski definition) is 3. The molecule has 11 heteroatoms. The molecule has 0 amide bonds. The summed E-state index contributed by atoms with van der Waals surface area (Å²) >= 11 is 0. The second kappa shape index (κ2) is 12.2. The van der Waals surface area contributed by atoms with Crippen molar-refractivity contribution in [2.75, 3.05) is 19.7 Å². The number of unbranched alkanes of at least 4 members (excludes halogenated alkanes) is 2. The highest BCUT2D eigenvalue weighted by molar-refractivity contribution is 5.88. The van der Waals surface area contributed by atoms with Crippen LogP contribution in [0.3, 0.4) is 0 Å². The van der Waals surface area contributed by atoms with E-state index in [4.69, 9.17) is 4.74 Å². The summed E-state index contributed by atoms with van der Waals surface area (Å²) in [6.07, 6.45) is 4.29. The van der Waals surface area contributed by atoms with E-state index in [-0.39, 0.29) is 30.1 Å². The Labute approximate surface area is 214 Å². The summed E-state index contributed by atoms with van der Waals surface area (Å²) in [6.45, 7) is 5.61. The first-order valence-electron chi connectivity index (χ1n) is 12.8. The maximum atomic E-state index is 13.1. The summed E-state index contributed by atoms with van der Waals surface area (Å²) in [6, 6.07) is 6.88. The molecule has 3 N–H and O–H groups in total. The Bertz CT molecular complexity index is 1290. The Morgan fingerprint density at radius 1 is 1.22 bits per heavy atom. The lowest BCUT2D eigenvalue weighted by Gasteiger charge is -2.18. The summed E-state index contributed by atoms with van der Waals surface area (Å²) in [5.41, 5.74) is 0.681. The van der Waals surface area contributed by atoms with E-state index in [2.05, 4.69) is 38.7 Å². The Balaban J connectivity index is 1.83. The number of fused-ring (bicyclic) bond motifs is 1. The van der Waals surface area contributed by atoms with Crippen LogP contribution in [0.2, 0.25) is 0 Å². The molecule has 0 radical (unpaired) electrons. The van der Waals surface area contributed by atoms with Crippen LogP contribution >= 0.6 is 0 Å². The van der Waals surface area contributed by atoms with Crippen LogP contribution in [0.5, 0.6) is 0 Å². The molecular formula is C26H34N6O5. The molecule has 1 fully saturated rings. The van der Waals surface area contributed by atoms with E-state index in [0.29, 0.717) is 23.2 Å². The molecule has 2 aromatic heterocycles. The van der Waals surface area contributed by atoms with Crippen molar-refractivity contribution in [2.24, 2.45) is 4.99 Å². The fraction of sp³-hybridized carbons (Fsp3) is 0.500. The van der Waals surface area contributed by atoms with Gasteiger partial charge in [-0.15, -0.1) is 0 Å². The third-order valence-corrected chi connectivity index (χ3v) is 6.48. The third-order valence-electron chi connectivity index (χ3n) is 6.48. The van der Waals surface area contributed by atoms with Crippen LogP contribution in [0.15, 0.2) is 34.1 Å². The van der Waals surface area contributed by atoms with E-state index in [1.165, 1.54) is 0 Å².